The van der Waals surface area contributed by atoms with E-state index in [1.165, 1.54) is 36.0 Å². The average Bonchev–Trinajstić information content (AvgIpc) is 2.81. The molecule has 1 aliphatic rings. The zero-order chi connectivity index (χ0) is 12.1. The third kappa shape index (κ3) is 3.28. The van der Waals surface area contributed by atoms with Crippen LogP contribution in [0.3, 0.4) is 0 Å². The third-order valence-electron chi connectivity index (χ3n) is 3.27. The number of benzene rings is 1. The molecule has 3 nitrogen and oxygen atoms in total. The average molecular weight is 235 g/mol. The van der Waals surface area contributed by atoms with Gasteiger partial charge in [0.25, 0.3) is 0 Å². The predicted octanol–water partition coefficient (Wildman–Crippen LogP) is 2.40. The van der Waals surface area contributed by atoms with Crippen LogP contribution in [0.1, 0.15) is 36.1 Å². The van der Waals surface area contributed by atoms with Crippen molar-refractivity contribution in [3.63, 3.8) is 0 Å². The van der Waals surface area contributed by atoms with Gasteiger partial charge in [-0.3, -0.25) is 4.84 Å². The van der Waals surface area contributed by atoms with Gasteiger partial charge in [-0.05, 0) is 42.9 Å². The van der Waals surface area contributed by atoms with Gasteiger partial charge in [0, 0.05) is 7.11 Å². The highest BCUT2D eigenvalue weighted by Gasteiger charge is 2.13. The number of hydrogen-bond acceptors (Lipinski definition) is 3. The third-order valence-corrected chi connectivity index (χ3v) is 3.27. The summed E-state index contributed by atoms with van der Waals surface area (Å²) in [5.41, 5.74) is 7.36. The summed E-state index contributed by atoms with van der Waals surface area (Å²) in [6.07, 6.45) is 3.76. The van der Waals surface area contributed by atoms with Crippen LogP contribution < -0.4 is 5.48 Å². The van der Waals surface area contributed by atoms with Crippen molar-refractivity contribution in [2.45, 2.75) is 32.2 Å². The van der Waals surface area contributed by atoms with E-state index in [2.05, 4.69) is 30.6 Å². The van der Waals surface area contributed by atoms with E-state index in [1.54, 1.807) is 7.11 Å². The lowest BCUT2D eigenvalue weighted by Crippen LogP contribution is -2.21. The molecule has 17 heavy (non-hydrogen) atoms. The molecule has 0 fully saturated rings. The van der Waals surface area contributed by atoms with E-state index in [0.717, 1.165) is 0 Å². The normalized spacial score (nSPS) is 15.9. The number of ether oxygens (including phenoxy) is 1. The molecule has 1 aromatic rings. The molecule has 0 heterocycles. The maximum absolute atomic E-state index is 5.33. The van der Waals surface area contributed by atoms with Crippen LogP contribution in [-0.4, -0.2) is 20.3 Å². The summed E-state index contributed by atoms with van der Waals surface area (Å²) in [4.78, 5) is 5.33. The van der Waals surface area contributed by atoms with E-state index in [0.29, 0.717) is 13.2 Å². The highest BCUT2D eigenvalue weighted by molar-refractivity contribution is 5.36. The summed E-state index contributed by atoms with van der Waals surface area (Å²) in [5.74, 6) is 0. The quantitative estimate of drug-likeness (QED) is 0.606. The summed E-state index contributed by atoms with van der Waals surface area (Å²) in [6, 6.07) is 6.98. The molecule has 1 aromatic carbocycles. The standard InChI is InChI=1S/C14H21NO2/c1-11(15-17-9-8-16-2)13-7-6-12-4-3-5-14(12)10-13/h6-7,10-11,15H,3-5,8-9H2,1-2H3. The fourth-order valence-electron chi connectivity index (χ4n) is 2.24. The molecule has 0 amide bonds. The van der Waals surface area contributed by atoms with Gasteiger partial charge >= 0.3 is 0 Å². The Labute approximate surface area is 103 Å². The van der Waals surface area contributed by atoms with Crippen LogP contribution in [0.4, 0.5) is 0 Å². The first-order valence-corrected chi connectivity index (χ1v) is 6.29. The molecule has 94 valence electrons. The molecule has 1 unspecified atom stereocenters. The molecular weight excluding hydrogens is 214 g/mol. The number of methoxy groups -OCH3 is 1. The van der Waals surface area contributed by atoms with Crippen molar-refractivity contribution in [3.05, 3.63) is 34.9 Å². The van der Waals surface area contributed by atoms with Gasteiger partial charge < -0.3 is 4.74 Å². The van der Waals surface area contributed by atoms with E-state index in [1.807, 2.05) is 0 Å². The Bertz CT molecular complexity index is 365. The lowest BCUT2D eigenvalue weighted by atomic mass is 10.0. The summed E-state index contributed by atoms with van der Waals surface area (Å²) in [5, 5.41) is 0. The summed E-state index contributed by atoms with van der Waals surface area (Å²) < 4.78 is 4.92. The molecule has 0 radical (unpaired) electrons. The molecule has 0 spiro atoms. The van der Waals surface area contributed by atoms with Gasteiger partial charge in [0.15, 0.2) is 0 Å². The van der Waals surface area contributed by atoms with Gasteiger partial charge in [0.05, 0.1) is 19.3 Å². The van der Waals surface area contributed by atoms with Crippen LogP contribution in [0.5, 0.6) is 0 Å². The molecule has 0 saturated heterocycles. The van der Waals surface area contributed by atoms with Gasteiger partial charge in [-0.15, -0.1) is 0 Å². The van der Waals surface area contributed by atoms with Crippen LogP contribution in [0.15, 0.2) is 18.2 Å². The highest BCUT2D eigenvalue weighted by Crippen LogP contribution is 2.25. The minimum atomic E-state index is 0.220. The van der Waals surface area contributed by atoms with Crippen molar-refractivity contribution in [2.24, 2.45) is 0 Å². The molecule has 0 aromatic heterocycles. The SMILES string of the molecule is COCCONC(C)c1ccc2c(c1)CCC2. The fraction of sp³-hybridized carbons (Fsp3) is 0.571. The van der Waals surface area contributed by atoms with Crippen molar-refractivity contribution in [1.29, 1.82) is 0 Å². The van der Waals surface area contributed by atoms with Crippen molar-refractivity contribution < 1.29 is 9.57 Å². The first-order valence-electron chi connectivity index (χ1n) is 6.29. The number of aryl methyl sites for hydroxylation is 2. The van der Waals surface area contributed by atoms with Crippen molar-refractivity contribution in [3.8, 4) is 0 Å². The Morgan fingerprint density at radius 3 is 2.88 bits per heavy atom. The summed E-state index contributed by atoms with van der Waals surface area (Å²) in [7, 11) is 1.67. The van der Waals surface area contributed by atoms with Gasteiger partial charge in [0.1, 0.15) is 0 Å². The second kappa shape index (κ2) is 6.15. The molecule has 0 aliphatic heterocycles. The molecule has 1 atom stereocenters. The minimum Gasteiger partial charge on any atom is -0.382 e. The van der Waals surface area contributed by atoms with Gasteiger partial charge in [-0.25, -0.2) is 0 Å². The van der Waals surface area contributed by atoms with Crippen LogP contribution >= 0.6 is 0 Å². The molecule has 0 bridgehead atoms. The number of fused-ring (bicyclic) bond motifs is 1. The van der Waals surface area contributed by atoms with E-state index < -0.39 is 0 Å². The molecular formula is C14H21NO2. The molecule has 3 heteroatoms. The van der Waals surface area contributed by atoms with E-state index in [9.17, 15) is 0 Å². The summed E-state index contributed by atoms with van der Waals surface area (Å²) in [6.45, 7) is 3.30. The second-order valence-electron chi connectivity index (χ2n) is 4.56. The second-order valence-corrected chi connectivity index (χ2v) is 4.56. The Balaban J connectivity index is 1.88. The Morgan fingerprint density at radius 2 is 2.06 bits per heavy atom. The Morgan fingerprint density at radius 1 is 1.24 bits per heavy atom. The van der Waals surface area contributed by atoms with Crippen LogP contribution in [0, 0.1) is 0 Å². The largest absolute Gasteiger partial charge is 0.382 e. The zero-order valence-electron chi connectivity index (χ0n) is 10.7. The smallest absolute Gasteiger partial charge is 0.0916 e. The van der Waals surface area contributed by atoms with E-state index in [4.69, 9.17) is 9.57 Å². The predicted molar refractivity (Wildman–Crippen MR) is 67.8 cm³/mol. The number of hydrogen-bond donors (Lipinski definition) is 1. The lowest BCUT2D eigenvalue weighted by molar-refractivity contribution is -0.00925. The van der Waals surface area contributed by atoms with Gasteiger partial charge in [-0.2, -0.15) is 5.48 Å². The highest BCUT2D eigenvalue weighted by atomic mass is 16.7. The fourth-order valence-corrected chi connectivity index (χ4v) is 2.24. The number of nitrogens with one attached hydrogen (secondary N) is 1. The van der Waals surface area contributed by atoms with Gasteiger partial charge in [0.2, 0.25) is 0 Å². The van der Waals surface area contributed by atoms with E-state index >= 15 is 0 Å². The number of rotatable bonds is 6. The van der Waals surface area contributed by atoms with Gasteiger partial charge in [-0.1, -0.05) is 18.2 Å². The molecule has 1 aliphatic carbocycles. The monoisotopic (exact) mass is 235 g/mol. The molecule has 0 saturated carbocycles. The van der Waals surface area contributed by atoms with Crippen molar-refractivity contribution in [2.75, 3.05) is 20.3 Å². The lowest BCUT2D eigenvalue weighted by Gasteiger charge is -2.15. The Kier molecular flexibility index (Phi) is 4.54. The van der Waals surface area contributed by atoms with E-state index in [-0.39, 0.29) is 6.04 Å². The van der Waals surface area contributed by atoms with Crippen LogP contribution in [0.25, 0.3) is 0 Å². The zero-order valence-corrected chi connectivity index (χ0v) is 10.7. The van der Waals surface area contributed by atoms with Crippen LogP contribution in [0.2, 0.25) is 0 Å². The maximum Gasteiger partial charge on any atom is 0.0916 e. The van der Waals surface area contributed by atoms with Crippen LogP contribution in [-0.2, 0) is 22.4 Å². The van der Waals surface area contributed by atoms with Crippen molar-refractivity contribution in [1.82, 2.24) is 5.48 Å². The first-order chi connectivity index (χ1) is 8.31. The Hall–Kier alpha value is -0.900. The molecule has 1 N–H and O–H groups in total. The summed E-state index contributed by atoms with van der Waals surface area (Å²) >= 11 is 0. The minimum absolute atomic E-state index is 0.220. The molecule has 2 rings (SSSR count). The number of hydroxylamine groups is 1. The van der Waals surface area contributed by atoms with Crippen molar-refractivity contribution >= 4 is 0 Å². The topological polar surface area (TPSA) is 30.5 Å². The first kappa shape index (κ1) is 12.6. The maximum atomic E-state index is 5.33.